The molecule has 0 fully saturated rings. The molecule has 5 heteroatoms. The van der Waals surface area contributed by atoms with Gasteiger partial charge in [-0.25, -0.2) is 4.79 Å². The van der Waals surface area contributed by atoms with Gasteiger partial charge in [0.05, 0.1) is 17.3 Å². The molecule has 0 amide bonds. The molecule has 0 aliphatic rings. The molecule has 0 aliphatic carbocycles. The van der Waals surface area contributed by atoms with Gasteiger partial charge in [-0.3, -0.25) is 4.68 Å². The van der Waals surface area contributed by atoms with E-state index in [0.29, 0.717) is 12.2 Å². The van der Waals surface area contributed by atoms with Crippen molar-refractivity contribution in [1.82, 2.24) is 9.78 Å². The Morgan fingerprint density at radius 3 is 2.59 bits per heavy atom. The third-order valence-corrected chi connectivity index (χ3v) is 2.96. The van der Waals surface area contributed by atoms with Crippen LogP contribution in [0.1, 0.15) is 21.7 Å². The normalized spacial score (nSPS) is 10.5. The molecule has 1 aromatic carbocycles. The second kappa shape index (κ2) is 4.59. The number of halogens is 1. The number of carboxylic acids is 1. The van der Waals surface area contributed by atoms with Gasteiger partial charge in [0, 0.05) is 0 Å². The molecule has 1 aromatic heterocycles. The molecule has 17 heavy (non-hydrogen) atoms. The molecule has 1 heterocycles. The van der Waals surface area contributed by atoms with Crippen LogP contribution in [0.25, 0.3) is 0 Å². The fraction of sp³-hybridized carbons (Fsp3) is 0.167. The van der Waals surface area contributed by atoms with Crippen LogP contribution in [-0.2, 0) is 6.54 Å². The van der Waals surface area contributed by atoms with Crippen LogP contribution in [0.15, 0.2) is 30.3 Å². The van der Waals surface area contributed by atoms with Gasteiger partial charge in [-0.15, -0.1) is 0 Å². The smallest absolute Gasteiger partial charge is 0.357 e. The summed E-state index contributed by atoms with van der Waals surface area (Å²) in [6.07, 6.45) is 0. The number of carbonyl (C=O) groups is 1. The average molecular weight is 251 g/mol. The largest absolute Gasteiger partial charge is 0.476 e. The Labute approximate surface area is 103 Å². The van der Waals surface area contributed by atoms with Crippen molar-refractivity contribution < 1.29 is 9.90 Å². The number of benzene rings is 1. The Bertz CT molecular complexity index is 549. The molecule has 0 bridgehead atoms. The van der Waals surface area contributed by atoms with E-state index < -0.39 is 5.97 Å². The molecule has 0 spiro atoms. The van der Waals surface area contributed by atoms with Gasteiger partial charge in [0.15, 0.2) is 5.69 Å². The predicted molar refractivity (Wildman–Crippen MR) is 64.5 cm³/mol. The third kappa shape index (κ3) is 2.31. The van der Waals surface area contributed by atoms with Crippen LogP contribution >= 0.6 is 11.6 Å². The van der Waals surface area contributed by atoms with Crippen molar-refractivity contribution in [1.29, 1.82) is 0 Å². The Kier molecular flexibility index (Phi) is 3.15. The zero-order valence-electron chi connectivity index (χ0n) is 9.22. The van der Waals surface area contributed by atoms with E-state index in [0.717, 1.165) is 5.56 Å². The van der Waals surface area contributed by atoms with E-state index in [1.165, 1.54) is 0 Å². The topological polar surface area (TPSA) is 55.1 Å². The van der Waals surface area contributed by atoms with Crippen LogP contribution in [0.2, 0.25) is 5.02 Å². The summed E-state index contributed by atoms with van der Waals surface area (Å²) in [5.41, 5.74) is 1.61. The standard InChI is InChI=1S/C12H11ClN2O2/c1-8-10(13)11(12(16)17)14-15(8)7-9-5-3-2-4-6-9/h2-6H,7H2,1H3,(H,16,17). The van der Waals surface area contributed by atoms with Gasteiger partial charge in [-0.2, -0.15) is 5.10 Å². The van der Waals surface area contributed by atoms with Gasteiger partial charge in [-0.1, -0.05) is 41.9 Å². The monoisotopic (exact) mass is 250 g/mol. The van der Waals surface area contributed by atoms with Crippen molar-refractivity contribution in [3.63, 3.8) is 0 Å². The molecule has 1 N–H and O–H groups in total. The molecule has 2 rings (SSSR count). The molecule has 0 unspecified atom stereocenters. The minimum absolute atomic E-state index is 0.0971. The van der Waals surface area contributed by atoms with Crippen LogP contribution in [0.4, 0.5) is 0 Å². The summed E-state index contributed by atoms with van der Waals surface area (Å²) in [4.78, 5) is 10.9. The van der Waals surface area contributed by atoms with E-state index in [9.17, 15) is 4.79 Å². The predicted octanol–water partition coefficient (Wildman–Crippen LogP) is 2.59. The zero-order chi connectivity index (χ0) is 12.4. The Morgan fingerprint density at radius 1 is 1.41 bits per heavy atom. The second-order valence-electron chi connectivity index (χ2n) is 3.70. The molecule has 0 aliphatic heterocycles. The van der Waals surface area contributed by atoms with Gasteiger partial charge < -0.3 is 5.11 Å². The highest BCUT2D eigenvalue weighted by atomic mass is 35.5. The highest BCUT2D eigenvalue weighted by Crippen LogP contribution is 2.20. The van der Waals surface area contributed by atoms with Crippen molar-refractivity contribution in [3.05, 3.63) is 52.3 Å². The van der Waals surface area contributed by atoms with E-state index in [-0.39, 0.29) is 10.7 Å². The van der Waals surface area contributed by atoms with Crippen LogP contribution in [-0.4, -0.2) is 20.9 Å². The maximum atomic E-state index is 10.9. The minimum atomic E-state index is -1.11. The summed E-state index contributed by atoms with van der Waals surface area (Å²) >= 11 is 5.91. The Morgan fingerprint density at radius 2 is 2.06 bits per heavy atom. The fourth-order valence-electron chi connectivity index (χ4n) is 1.57. The first kappa shape index (κ1) is 11.7. The molecular weight excluding hydrogens is 240 g/mol. The summed E-state index contributed by atoms with van der Waals surface area (Å²) in [6.45, 7) is 2.27. The van der Waals surface area contributed by atoms with Gasteiger partial charge >= 0.3 is 5.97 Å². The Balaban J connectivity index is 2.34. The molecule has 0 saturated heterocycles. The molecule has 4 nitrogen and oxygen atoms in total. The molecular formula is C12H11ClN2O2. The van der Waals surface area contributed by atoms with Crippen molar-refractivity contribution in [2.45, 2.75) is 13.5 Å². The first-order chi connectivity index (χ1) is 8.09. The quantitative estimate of drug-likeness (QED) is 0.911. The van der Waals surface area contributed by atoms with Gasteiger partial charge in [0.25, 0.3) is 0 Å². The first-order valence-corrected chi connectivity index (χ1v) is 5.47. The lowest BCUT2D eigenvalue weighted by Crippen LogP contribution is -2.05. The van der Waals surface area contributed by atoms with Crippen LogP contribution in [0.3, 0.4) is 0 Å². The summed E-state index contributed by atoms with van der Waals surface area (Å²) in [7, 11) is 0. The summed E-state index contributed by atoms with van der Waals surface area (Å²) in [6, 6.07) is 9.68. The number of hydrogen-bond acceptors (Lipinski definition) is 2. The highest BCUT2D eigenvalue weighted by molar-refractivity contribution is 6.33. The van der Waals surface area contributed by atoms with E-state index >= 15 is 0 Å². The van der Waals surface area contributed by atoms with E-state index in [1.807, 2.05) is 30.3 Å². The summed E-state index contributed by atoms with van der Waals surface area (Å²) in [5.74, 6) is -1.11. The molecule has 88 valence electrons. The number of aromatic nitrogens is 2. The second-order valence-corrected chi connectivity index (χ2v) is 4.07. The van der Waals surface area contributed by atoms with Gasteiger partial charge in [0.2, 0.25) is 0 Å². The van der Waals surface area contributed by atoms with Crippen molar-refractivity contribution in [2.24, 2.45) is 0 Å². The third-order valence-electron chi connectivity index (χ3n) is 2.51. The highest BCUT2D eigenvalue weighted by Gasteiger charge is 2.18. The average Bonchev–Trinajstić information content (AvgIpc) is 2.59. The van der Waals surface area contributed by atoms with E-state index in [2.05, 4.69) is 5.10 Å². The van der Waals surface area contributed by atoms with Crippen molar-refractivity contribution in [3.8, 4) is 0 Å². The number of rotatable bonds is 3. The fourth-order valence-corrected chi connectivity index (χ4v) is 1.79. The van der Waals surface area contributed by atoms with Gasteiger partial charge in [-0.05, 0) is 12.5 Å². The zero-order valence-corrected chi connectivity index (χ0v) is 9.98. The van der Waals surface area contributed by atoms with E-state index in [1.54, 1.807) is 11.6 Å². The van der Waals surface area contributed by atoms with Crippen molar-refractivity contribution >= 4 is 17.6 Å². The number of carboxylic acid groups (broad SMARTS) is 1. The van der Waals surface area contributed by atoms with Crippen molar-refractivity contribution in [2.75, 3.05) is 0 Å². The lowest BCUT2D eigenvalue weighted by atomic mass is 10.2. The minimum Gasteiger partial charge on any atom is -0.476 e. The van der Waals surface area contributed by atoms with Crippen LogP contribution < -0.4 is 0 Å². The Hall–Kier alpha value is -1.81. The molecule has 2 aromatic rings. The van der Waals surface area contributed by atoms with E-state index in [4.69, 9.17) is 16.7 Å². The number of nitrogens with zero attached hydrogens (tertiary/aromatic N) is 2. The van der Waals surface area contributed by atoms with Gasteiger partial charge in [0.1, 0.15) is 0 Å². The van der Waals surface area contributed by atoms with Crippen LogP contribution in [0, 0.1) is 6.92 Å². The maximum Gasteiger partial charge on any atom is 0.357 e. The maximum absolute atomic E-state index is 10.9. The molecule has 0 atom stereocenters. The molecule has 0 radical (unpaired) electrons. The number of hydrogen-bond donors (Lipinski definition) is 1. The lowest BCUT2D eigenvalue weighted by molar-refractivity contribution is 0.0689. The molecule has 0 saturated carbocycles. The SMILES string of the molecule is Cc1c(Cl)c(C(=O)O)nn1Cc1ccccc1. The first-order valence-electron chi connectivity index (χ1n) is 5.09. The summed E-state index contributed by atoms with van der Waals surface area (Å²) in [5, 5.41) is 13.1. The summed E-state index contributed by atoms with van der Waals surface area (Å²) < 4.78 is 1.60. The van der Waals surface area contributed by atoms with Crippen LogP contribution in [0.5, 0.6) is 0 Å². The lowest BCUT2D eigenvalue weighted by Gasteiger charge is -2.03. The number of aromatic carboxylic acids is 1.